The minimum absolute atomic E-state index is 0.120. The van der Waals surface area contributed by atoms with Gasteiger partial charge in [-0.1, -0.05) is 17.7 Å². The number of nitrogens with two attached hydrogens (primary N) is 1. The van der Waals surface area contributed by atoms with Crippen molar-refractivity contribution in [2.75, 3.05) is 18.5 Å². The number of hydrogen-bond acceptors (Lipinski definition) is 4. The first kappa shape index (κ1) is 19.0. The van der Waals surface area contributed by atoms with Gasteiger partial charge in [-0.3, -0.25) is 14.4 Å². The lowest BCUT2D eigenvalue weighted by Crippen LogP contribution is -2.33. The minimum atomic E-state index is -0.619. The molecule has 2 aromatic carbocycles. The van der Waals surface area contributed by atoms with Gasteiger partial charge in [0.2, 0.25) is 5.91 Å². The largest absolute Gasteiger partial charge is 0.483 e. The predicted octanol–water partition coefficient (Wildman–Crippen LogP) is 1.54. The fourth-order valence-corrected chi connectivity index (χ4v) is 2.28. The summed E-state index contributed by atoms with van der Waals surface area (Å²) < 4.78 is 5.52. The molecule has 0 saturated heterocycles. The smallest absolute Gasteiger partial charge is 0.262 e. The fraction of sp³-hybridized carbons (Fsp3) is 0.211. The molecule has 0 aromatic heterocycles. The number of ether oxygens (including phenoxy) is 1. The van der Waals surface area contributed by atoms with Crippen LogP contribution in [0.5, 0.6) is 5.75 Å². The van der Waals surface area contributed by atoms with E-state index in [0.29, 0.717) is 17.0 Å². The standard InChI is InChI=1S/C19H21N3O4/c1-12-3-8-16(13(2)9-12)26-11-18(24)22-15-6-4-14(5-7-15)19(25)21-10-17(20)23/h3-9H,10-11H2,1-2H3,(H2,20,23)(H,21,25)(H,22,24). The first-order valence-corrected chi connectivity index (χ1v) is 8.01. The minimum Gasteiger partial charge on any atom is -0.483 e. The number of primary amides is 1. The zero-order valence-electron chi connectivity index (χ0n) is 14.7. The van der Waals surface area contributed by atoms with Crippen LogP contribution in [0, 0.1) is 13.8 Å². The summed E-state index contributed by atoms with van der Waals surface area (Å²) in [6.45, 7) is 3.56. The Morgan fingerprint density at radius 2 is 1.73 bits per heavy atom. The predicted molar refractivity (Wildman–Crippen MR) is 98.0 cm³/mol. The van der Waals surface area contributed by atoms with Crippen molar-refractivity contribution in [3.05, 3.63) is 59.2 Å². The molecule has 4 N–H and O–H groups in total. The molecule has 0 fully saturated rings. The number of carbonyl (C=O) groups excluding carboxylic acids is 3. The highest BCUT2D eigenvalue weighted by Crippen LogP contribution is 2.18. The van der Waals surface area contributed by atoms with E-state index in [1.54, 1.807) is 12.1 Å². The van der Waals surface area contributed by atoms with Crippen molar-refractivity contribution >= 4 is 23.4 Å². The maximum absolute atomic E-state index is 12.0. The van der Waals surface area contributed by atoms with E-state index in [-0.39, 0.29) is 19.1 Å². The first-order valence-electron chi connectivity index (χ1n) is 8.01. The summed E-state index contributed by atoms with van der Waals surface area (Å²) in [4.78, 5) is 34.4. The Kier molecular flexibility index (Phi) is 6.32. The molecule has 2 rings (SSSR count). The summed E-state index contributed by atoms with van der Waals surface area (Å²) in [6.07, 6.45) is 0. The van der Waals surface area contributed by atoms with Gasteiger partial charge in [0.25, 0.3) is 11.8 Å². The highest BCUT2D eigenvalue weighted by molar-refractivity contribution is 5.97. The molecule has 0 radical (unpaired) electrons. The van der Waals surface area contributed by atoms with Crippen molar-refractivity contribution in [1.29, 1.82) is 0 Å². The van der Waals surface area contributed by atoms with Crippen molar-refractivity contribution in [3.63, 3.8) is 0 Å². The zero-order valence-corrected chi connectivity index (χ0v) is 14.7. The molecule has 0 atom stereocenters. The SMILES string of the molecule is Cc1ccc(OCC(=O)Nc2ccc(C(=O)NCC(N)=O)cc2)c(C)c1. The Morgan fingerprint density at radius 1 is 1.04 bits per heavy atom. The lowest BCUT2D eigenvalue weighted by atomic mass is 10.1. The number of rotatable bonds is 7. The van der Waals surface area contributed by atoms with Crippen LogP contribution >= 0.6 is 0 Å². The molecule has 7 nitrogen and oxygen atoms in total. The zero-order chi connectivity index (χ0) is 19.1. The van der Waals surface area contributed by atoms with E-state index in [0.717, 1.165) is 11.1 Å². The lowest BCUT2D eigenvalue weighted by Gasteiger charge is -2.10. The summed E-state index contributed by atoms with van der Waals surface area (Å²) in [5.74, 6) is -0.686. The molecule has 136 valence electrons. The average Bonchev–Trinajstić information content (AvgIpc) is 2.59. The van der Waals surface area contributed by atoms with Gasteiger partial charge < -0.3 is 21.1 Å². The van der Waals surface area contributed by atoms with Crippen LogP contribution in [0.4, 0.5) is 5.69 Å². The van der Waals surface area contributed by atoms with Gasteiger partial charge in [0, 0.05) is 11.3 Å². The van der Waals surface area contributed by atoms with Gasteiger partial charge in [-0.2, -0.15) is 0 Å². The maximum atomic E-state index is 12.0. The van der Waals surface area contributed by atoms with Crippen LogP contribution in [-0.2, 0) is 9.59 Å². The van der Waals surface area contributed by atoms with Gasteiger partial charge in [0.15, 0.2) is 6.61 Å². The number of carbonyl (C=O) groups is 3. The van der Waals surface area contributed by atoms with Gasteiger partial charge in [-0.15, -0.1) is 0 Å². The summed E-state index contributed by atoms with van der Waals surface area (Å²) in [7, 11) is 0. The monoisotopic (exact) mass is 355 g/mol. The van der Waals surface area contributed by atoms with Gasteiger partial charge in [0.05, 0.1) is 6.54 Å². The number of amides is 3. The molecule has 7 heteroatoms. The number of benzene rings is 2. The average molecular weight is 355 g/mol. The molecule has 26 heavy (non-hydrogen) atoms. The van der Waals surface area contributed by atoms with E-state index in [9.17, 15) is 14.4 Å². The quantitative estimate of drug-likeness (QED) is 0.699. The number of hydrogen-bond donors (Lipinski definition) is 3. The molecule has 2 aromatic rings. The Hall–Kier alpha value is -3.35. The van der Waals surface area contributed by atoms with E-state index in [1.807, 2.05) is 32.0 Å². The summed E-state index contributed by atoms with van der Waals surface area (Å²) in [5.41, 5.74) is 7.95. The molecule has 0 aliphatic heterocycles. The maximum Gasteiger partial charge on any atom is 0.262 e. The van der Waals surface area contributed by atoms with E-state index in [2.05, 4.69) is 10.6 Å². The topological polar surface area (TPSA) is 111 Å². The van der Waals surface area contributed by atoms with Gasteiger partial charge in [0.1, 0.15) is 5.75 Å². The molecule has 0 unspecified atom stereocenters. The van der Waals surface area contributed by atoms with Crippen molar-refractivity contribution in [1.82, 2.24) is 5.32 Å². The van der Waals surface area contributed by atoms with Crippen molar-refractivity contribution in [2.45, 2.75) is 13.8 Å². The molecular formula is C19H21N3O4. The van der Waals surface area contributed by atoms with E-state index >= 15 is 0 Å². The Morgan fingerprint density at radius 3 is 2.35 bits per heavy atom. The third-order valence-electron chi connectivity index (χ3n) is 3.54. The van der Waals surface area contributed by atoms with Gasteiger partial charge in [-0.25, -0.2) is 0 Å². The number of aryl methyl sites for hydroxylation is 2. The number of anilines is 1. The van der Waals surface area contributed by atoms with Crippen LogP contribution in [-0.4, -0.2) is 30.9 Å². The Bertz CT molecular complexity index is 816. The van der Waals surface area contributed by atoms with Gasteiger partial charge >= 0.3 is 0 Å². The van der Waals surface area contributed by atoms with E-state index in [4.69, 9.17) is 10.5 Å². The molecule has 0 aliphatic rings. The fourth-order valence-electron chi connectivity index (χ4n) is 2.28. The van der Waals surface area contributed by atoms with Crippen LogP contribution in [0.1, 0.15) is 21.5 Å². The molecule has 3 amide bonds. The summed E-state index contributed by atoms with van der Waals surface area (Å²) in [5, 5.41) is 5.08. The molecule has 0 bridgehead atoms. The van der Waals surface area contributed by atoms with Crippen molar-refractivity contribution in [3.8, 4) is 5.75 Å². The van der Waals surface area contributed by atoms with Crippen molar-refractivity contribution in [2.24, 2.45) is 5.73 Å². The molecule has 0 spiro atoms. The lowest BCUT2D eigenvalue weighted by molar-refractivity contribution is -0.118. The third-order valence-corrected chi connectivity index (χ3v) is 3.54. The highest BCUT2D eigenvalue weighted by atomic mass is 16.5. The Balaban J connectivity index is 1.87. The van der Waals surface area contributed by atoms with Crippen LogP contribution < -0.4 is 21.1 Å². The van der Waals surface area contributed by atoms with Crippen LogP contribution in [0.15, 0.2) is 42.5 Å². The van der Waals surface area contributed by atoms with E-state index in [1.165, 1.54) is 12.1 Å². The van der Waals surface area contributed by atoms with Crippen LogP contribution in [0.25, 0.3) is 0 Å². The molecular weight excluding hydrogens is 334 g/mol. The van der Waals surface area contributed by atoms with Crippen LogP contribution in [0.2, 0.25) is 0 Å². The summed E-state index contributed by atoms with van der Waals surface area (Å²) in [6, 6.07) is 12.0. The third kappa shape index (κ3) is 5.62. The second kappa shape index (κ2) is 8.66. The highest BCUT2D eigenvalue weighted by Gasteiger charge is 2.08. The number of nitrogens with one attached hydrogen (secondary N) is 2. The van der Waals surface area contributed by atoms with E-state index < -0.39 is 11.8 Å². The molecule has 0 aliphatic carbocycles. The molecule has 0 heterocycles. The molecule has 0 saturated carbocycles. The second-order valence-corrected chi connectivity index (χ2v) is 5.83. The summed E-state index contributed by atoms with van der Waals surface area (Å²) >= 11 is 0. The normalized spacial score (nSPS) is 10.1. The van der Waals surface area contributed by atoms with Crippen molar-refractivity contribution < 1.29 is 19.1 Å². The van der Waals surface area contributed by atoms with Gasteiger partial charge in [-0.05, 0) is 49.7 Å². The second-order valence-electron chi connectivity index (χ2n) is 5.83. The van der Waals surface area contributed by atoms with Crippen LogP contribution in [0.3, 0.4) is 0 Å². The first-order chi connectivity index (χ1) is 12.3. The Labute approximate surface area is 151 Å².